The van der Waals surface area contributed by atoms with Gasteiger partial charge in [0.2, 0.25) is 0 Å². The Morgan fingerprint density at radius 1 is 1.37 bits per heavy atom. The molecule has 19 heavy (non-hydrogen) atoms. The van der Waals surface area contributed by atoms with Crippen LogP contribution in [0.4, 0.5) is 18.9 Å². The summed E-state index contributed by atoms with van der Waals surface area (Å²) in [6, 6.07) is 5.04. The third kappa shape index (κ3) is 2.99. The molecule has 2 rings (SSSR count). The molecule has 0 amide bonds. The van der Waals surface area contributed by atoms with Crippen molar-refractivity contribution in [3.8, 4) is 6.07 Å². The first-order valence-corrected chi connectivity index (χ1v) is 5.98. The van der Waals surface area contributed by atoms with E-state index in [1.54, 1.807) is 6.07 Å². The molecule has 0 bridgehead atoms. The van der Waals surface area contributed by atoms with E-state index in [4.69, 9.17) is 11.0 Å². The van der Waals surface area contributed by atoms with E-state index < -0.39 is 11.7 Å². The van der Waals surface area contributed by atoms with Crippen LogP contribution in [-0.2, 0) is 6.18 Å². The maximum absolute atomic E-state index is 12.6. The second-order valence-electron chi connectivity index (χ2n) is 4.94. The molecule has 1 aliphatic rings. The van der Waals surface area contributed by atoms with Crippen molar-refractivity contribution in [1.29, 1.82) is 5.26 Å². The Bertz CT molecular complexity index is 513. The van der Waals surface area contributed by atoms with Crippen molar-refractivity contribution in [2.45, 2.75) is 31.0 Å². The van der Waals surface area contributed by atoms with Gasteiger partial charge in [0.25, 0.3) is 0 Å². The molecular weight excluding hydrogens is 255 g/mol. The van der Waals surface area contributed by atoms with Crippen molar-refractivity contribution < 1.29 is 13.2 Å². The molecule has 0 aromatic heterocycles. The fraction of sp³-hybridized carbons (Fsp3) is 0.462. The number of nitrogens with one attached hydrogen (secondary N) is 1. The van der Waals surface area contributed by atoms with Crippen LogP contribution in [0.25, 0.3) is 0 Å². The van der Waals surface area contributed by atoms with Gasteiger partial charge in [0.1, 0.15) is 0 Å². The Morgan fingerprint density at radius 3 is 2.53 bits per heavy atom. The van der Waals surface area contributed by atoms with Gasteiger partial charge in [-0.3, -0.25) is 0 Å². The Hall–Kier alpha value is -1.74. The van der Waals surface area contributed by atoms with Crippen LogP contribution in [0.1, 0.15) is 30.4 Å². The van der Waals surface area contributed by atoms with Crippen LogP contribution in [0.3, 0.4) is 0 Å². The number of hydrogen-bond acceptors (Lipinski definition) is 3. The molecule has 0 radical (unpaired) electrons. The molecule has 1 aromatic carbocycles. The second kappa shape index (κ2) is 4.74. The lowest BCUT2D eigenvalue weighted by molar-refractivity contribution is -0.137. The molecule has 0 aliphatic heterocycles. The van der Waals surface area contributed by atoms with Gasteiger partial charge in [-0.2, -0.15) is 18.4 Å². The molecule has 0 unspecified atom stereocenters. The van der Waals surface area contributed by atoms with E-state index in [2.05, 4.69) is 5.32 Å². The van der Waals surface area contributed by atoms with Crippen LogP contribution >= 0.6 is 0 Å². The summed E-state index contributed by atoms with van der Waals surface area (Å²) in [7, 11) is 0. The molecule has 1 aromatic rings. The van der Waals surface area contributed by atoms with Crippen LogP contribution in [0, 0.1) is 11.3 Å². The molecule has 1 aliphatic carbocycles. The maximum Gasteiger partial charge on any atom is 0.417 e. The molecule has 0 spiro atoms. The SMILES string of the molecule is N#Cc1cc(NCC2(N)CCC2)ccc1C(F)(F)F. The van der Waals surface area contributed by atoms with E-state index in [0.717, 1.165) is 25.3 Å². The number of alkyl halides is 3. The summed E-state index contributed by atoms with van der Waals surface area (Å²) in [6.07, 6.45) is -1.61. The standard InChI is InChI=1S/C13H14F3N3/c14-13(15,16)11-3-2-10(6-9(11)7-17)19-8-12(18)4-1-5-12/h2-3,6,19H,1,4-5,8,18H2. The highest BCUT2D eigenvalue weighted by atomic mass is 19.4. The minimum atomic E-state index is -4.51. The van der Waals surface area contributed by atoms with Gasteiger partial charge in [0.05, 0.1) is 17.2 Å². The highest BCUT2D eigenvalue weighted by Crippen LogP contribution is 2.33. The number of benzene rings is 1. The van der Waals surface area contributed by atoms with Gasteiger partial charge in [-0.1, -0.05) is 0 Å². The first-order chi connectivity index (χ1) is 8.84. The van der Waals surface area contributed by atoms with Crippen molar-refractivity contribution >= 4 is 5.69 Å². The molecule has 0 heterocycles. The molecule has 6 heteroatoms. The monoisotopic (exact) mass is 269 g/mol. The van der Waals surface area contributed by atoms with Gasteiger partial charge in [-0.25, -0.2) is 0 Å². The van der Waals surface area contributed by atoms with E-state index >= 15 is 0 Å². The van der Waals surface area contributed by atoms with Gasteiger partial charge in [-0.05, 0) is 37.5 Å². The van der Waals surface area contributed by atoms with Crippen LogP contribution < -0.4 is 11.1 Å². The van der Waals surface area contributed by atoms with E-state index in [0.29, 0.717) is 12.2 Å². The maximum atomic E-state index is 12.6. The smallest absolute Gasteiger partial charge is 0.383 e. The van der Waals surface area contributed by atoms with Crippen LogP contribution in [0.15, 0.2) is 18.2 Å². The number of halogens is 3. The molecule has 1 fully saturated rings. The number of hydrogen-bond donors (Lipinski definition) is 2. The number of nitrogens with two attached hydrogens (primary N) is 1. The first-order valence-electron chi connectivity index (χ1n) is 5.98. The average molecular weight is 269 g/mol. The lowest BCUT2D eigenvalue weighted by atomic mass is 9.78. The van der Waals surface area contributed by atoms with E-state index in [1.807, 2.05) is 0 Å². The van der Waals surface area contributed by atoms with E-state index in [9.17, 15) is 13.2 Å². The van der Waals surface area contributed by atoms with Gasteiger partial charge in [-0.15, -0.1) is 0 Å². The quantitative estimate of drug-likeness (QED) is 0.887. The average Bonchev–Trinajstić information content (AvgIpc) is 2.32. The van der Waals surface area contributed by atoms with E-state index in [-0.39, 0.29) is 11.1 Å². The van der Waals surface area contributed by atoms with Crippen LogP contribution in [0.2, 0.25) is 0 Å². The van der Waals surface area contributed by atoms with Crippen molar-refractivity contribution in [3.05, 3.63) is 29.3 Å². The molecule has 3 nitrogen and oxygen atoms in total. The third-order valence-electron chi connectivity index (χ3n) is 3.44. The summed E-state index contributed by atoms with van der Waals surface area (Å²) in [6.45, 7) is 0.503. The zero-order chi connectivity index (χ0) is 14.1. The summed E-state index contributed by atoms with van der Waals surface area (Å²) >= 11 is 0. The molecule has 3 N–H and O–H groups in total. The second-order valence-corrected chi connectivity index (χ2v) is 4.94. The van der Waals surface area contributed by atoms with Crippen molar-refractivity contribution in [2.24, 2.45) is 5.73 Å². The molecular formula is C13H14F3N3. The minimum Gasteiger partial charge on any atom is -0.383 e. The van der Waals surface area contributed by atoms with Gasteiger partial charge < -0.3 is 11.1 Å². The first kappa shape index (κ1) is 13.7. The number of nitriles is 1. The molecule has 102 valence electrons. The van der Waals surface area contributed by atoms with Gasteiger partial charge in [0.15, 0.2) is 0 Å². The van der Waals surface area contributed by atoms with Gasteiger partial charge >= 0.3 is 6.18 Å². The van der Waals surface area contributed by atoms with Crippen molar-refractivity contribution in [3.63, 3.8) is 0 Å². The van der Waals surface area contributed by atoms with Crippen molar-refractivity contribution in [2.75, 3.05) is 11.9 Å². The number of anilines is 1. The Balaban J connectivity index is 2.13. The topological polar surface area (TPSA) is 61.8 Å². The van der Waals surface area contributed by atoms with Gasteiger partial charge in [0, 0.05) is 17.8 Å². The molecule has 1 saturated carbocycles. The molecule has 0 saturated heterocycles. The third-order valence-corrected chi connectivity index (χ3v) is 3.44. The zero-order valence-electron chi connectivity index (χ0n) is 10.2. The highest BCUT2D eigenvalue weighted by molar-refractivity contribution is 5.53. The Labute approximate surface area is 109 Å². The Morgan fingerprint density at radius 2 is 2.05 bits per heavy atom. The normalized spacial score (nSPS) is 17.4. The fourth-order valence-corrected chi connectivity index (χ4v) is 2.08. The summed E-state index contributed by atoms with van der Waals surface area (Å²) in [5.74, 6) is 0. The predicted octanol–water partition coefficient (Wildman–Crippen LogP) is 2.87. The number of nitrogens with zero attached hydrogens (tertiary/aromatic N) is 1. The Kier molecular flexibility index (Phi) is 3.42. The summed E-state index contributed by atoms with van der Waals surface area (Å²) in [5, 5.41) is 11.8. The zero-order valence-corrected chi connectivity index (χ0v) is 10.2. The van der Waals surface area contributed by atoms with Crippen molar-refractivity contribution in [1.82, 2.24) is 0 Å². The lowest BCUT2D eigenvalue weighted by Gasteiger charge is -2.38. The van der Waals surface area contributed by atoms with E-state index in [1.165, 1.54) is 12.1 Å². The molecule has 0 atom stereocenters. The lowest BCUT2D eigenvalue weighted by Crippen LogP contribution is -2.51. The van der Waals surface area contributed by atoms with Crippen LogP contribution in [-0.4, -0.2) is 12.1 Å². The number of rotatable bonds is 3. The predicted molar refractivity (Wildman–Crippen MR) is 65.4 cm³/mol. The van der Waals surface area contributed by atoms with Crippen LogP contribution in [0.5, 0.6) is 0 Å². The largest absolute Gasteiger partial charge is 0.417 e. The summed E-state index contributed by atoms with van der Waals surface area (Å²) in [5.41, 5.74) is 4.94. The highest BCUT2D eigenvalue weighted by Gasteiger charge is 2.34. The minimum absolute atomic E-state index is 0.268. The summed E-state index contributed by atoms with van der Waals surface area (Å²) < 4.78 is 37.8. The summed E-state index contributed by atoms with van der Waals surface area (Å²) in [4.78, 5) is 0. The fourth-order valence-electron chi connectivity index (χ4n) is 2.08.